The summed E-state index contributed by atoms with van der Waals surface area (Å²) < 4.78 is 10.6. The standard InChI is InChI=1S/C20H20N2O4S/c1-4-25-14-9-7-6-8-13(14)10-11-15-21-18(23)16-12(3)17(20(24)26-5-2)27-19(16)22-15/h6-11H,4-5H2,1-3H3,(H,21,22,23). The number of H-pyrrole nitrogens is 1. The summed E-state index contributed by atoms with van der Waals surface area (Å²) in [6.45, 7) is 6.25. The molecule has 0 spiro atoms. The largest absolute Gasteiger partial charge is 0.493 e. The molecule has 140 valence electrons. The van der Waals surface area contributed by atoms with Crippen molar-refractivity contribution in [2.75, 3.05) is 13.2 Å². The molecule has 1 aromatic carbocycles. The quantitative estimate of drug-likeness (QED) is 0.649. The molecular weight excluding hydrogens is 364 g/mol. The first-order valence-electron chi connectivity index (χ1n) is 8.65. The Labute approximate surface area is 160 Å². The van der Waals surface area contributed by atoms with Crippen molar-refractivity contribution in [3.8, 4) is 5.75 Å². The van der Waals surface area contributed by atoms with Crippen LogP contribution in [0, 0.1) is 6.92 Å². The second-order valence-electron chi connectivity index (χ2n) is 5.71. The average Bonchev–Trinajstić information content (AvgIpc) is 2.98. The van der Waals surface area contributed by atoms with E-state index in [2.05, 4.69) is 9.97 Å². The monoisotopic (exact) mass is 384 g/mol. The zero-order valence-corrected chi connectivity index (χ0v) is 16.2. The van der Waals surface area contributed by atoms with E-state index in [1.807, 2.05) is 37.3 Å². The topological polar surface area (TPSA) is 81.3 Å². The molecule has 0 amide bonds. The van der Waals surface area contributed by atoms with Crippen LogP contribution < -0.4 is 10.3 Å². The minimum atomic E-state index is -0.430. The van der Waals surface area contributed by atoms with Crippen LogP contribution in [0.5, 0.6) is 5.75 Å². The number of fused-ring (bicyclic) bond motifs is 1. The average molecular weight is 384 g/mol. The summed E-state index contributed by atoms with van der Waals surface area (Å²) in [6.07, 6.45) is 3.56. The maximum atomic E-state index is 12.5. The maximum absolute atomic E-state index is 12.5. The number of rotatable bonds is 6. The van der Waals surface area contributed by atoms with Crippen LogP contribution in [0.15, 0.2) is 29.1 Å². The number of aromatic amines is 1. The summed E-state index contributed by atoms with van der Waals surface area (Å²) in [4.78, 5) is 32.7. The van der Waals surface area contributed by atoms with E-state index < -0.39 is 5.97 Å². The van der Waals surface area contributed by atoms with Crippen molar-refractivity contribution in [3.05, 3.63) is 56.4 Å². The van der Waals surface area contributed by atoms with Gasteiger partial charge in [-0.3, -0.25) is 4.79 Å². The number of benzene rings is 1. The van der Waals surface area contributed by atoms with Gasteiger partial charge in [-0.15, -0.1) is 11.3 Å². The molecule has 6 nitrogen and oxygen atoms in total. The number of thiophene rings is 1. The van der Waals surface area contributed by atoms with Gasteiger partial charge in [0.25, 0.3) is 5.56 Å². The number of aromatic nitrogens is 2. The number of hydrogen-bond donors (Lipinski definition) is 1. The Morgan fingerprint density at radius 1 is 1.22 bits per heavy atom. The van der Waals surface area contributed by atoms with Crippen LogP contribution in [-0.2, 0) is 4.74 Å². The Hall–Kier alpha value is -2.93. The van der Waals surface area contributed by atoms with Gasteiger partial charge in [0.05, 0.1) is 18.6 Å². The number of carbonyl (C=O) groups excluding carboxylic acids is 1. The first-order chi connectivity index (χ1) is 13.0. The highest BCUT2D eigenvalue weighted by molar-refractivity contribution is 7.20. The smallest absolute Gasteiger partial charge is 0.348 e. The van der Waals surface area contributed by atoms with Crippen molar-refractivity contribution in [2.24, 2.45) is 0 Å². The lowest BCUT2D eigenvalue weighted by atomic mass is 10.2. The highest BCUT2D eigenvalue weighted by atomic mass is 32.1. The van der Waals surface area contributed by atoms with Gasteiger partial charge in [0, 0.05) is 5.56 Å². The van der Waals surface area contributed by atoms with Gasteiger partial charge >= 0.3 is 5.97 Å². The number of aryl methyl sites for hydroxylation is 1. The van der Waals surface area contributed by atoms with E-state index in [1.54, 1.807) is 19.9 Å². The number of esters is 1. The minimum absolute atomic E-state index is 0.276. The van der Waals surface area contributed by atoms with Crippen LogP contribution in [0.3, 0.4) is 0 Å². The van der Waals surface area contributed by atoms with Crippen LogP contribution in [-0.4, -0.2) is 29.2 Å². The van der Waals surface area contributed by atoms with Crippen LogP contribution in [0.25, 0.3) is 22.4 Å². The SMILES string of the molecule is CCOC(=O)c1sc2nc(C=Cc3ccccc3OCC)[nH]c(=O)c2c1C. The molecule has 0 atom stereocenters. The molecule has 3 rings (SSSR count). The normalized spacial score (nSPS) is 11.2. The molecule has 3 aromatic rings. The lowest BCUT2D eigenvalue weighted by Gasteiger charge is -2.06. The van der Waals surface area contributed by atoms with Gasteiger partial charge in [0.2, 0.25) is 0 Å². The third-order valence-electron chi connectivity index (χ3n) is 3.92. The molecule has 0 saturated heterocycles. The van der Waals surface area contributed by atoms with E-state index >= 15 is 0 Å². The molecule has 2 heterocycles. The fraction of sp³-hybridized carbons (Fsp3) is 0.250. The van der Waals surface area contributed by atoms with Gasteiger partial charge in [-0.1, -0.05) is 18.2 Å². The number of nitrogens with zero attached hydrogens (tertiary/aromatic N) is 1. The van der Waals surface area contributed by atoms with Crippen molar-refractivity contribution in [1.29, 1.82) is 0 Å². The van der Waals surface area contributed by atoms with E-state index in [-0.39, 0.29) is 12.2 Å². The number of ether oxygens (including phenoxy) is 2. The molecule has 0 aliphatic rings. The summed E-state index contributed by atoms with van der Waals surface area (Å²) in [5.74, 6) is 0.742. The highest BCUT2D eigenvalue weighted by Crippen LogP contribution is 2.28. The number of nitrogens with one attached hydrogen (secondary N) is 1. The maximum Gasteiger partial charge on any atom is 0.348 e. The molecule has 0 aliphatic carbocycles. The molecule has 27 heavy (non-hydrogen) atoms. The van der Waals surface area contributed by atoms with Crippen molar-refractivity contribution in [3.63, 3.8) is 0 Å². The molecule has 1 N–H and O–H groups in total. The molecule has 0 radical (unpaired) electrons. The van der Waals surface area contributed by atoms with Crippen LogP contribution in [0.2, 0.25) is 0 Å². The number of hydrogen-bond acceptors (Lipinski definition) is 6. The Kier molecular flexibility index (Phi) is 5.71. The van der Waals surface area contributed by atoms with Crippen molar-refractivity contribution >= 4 is 39.7 Å². The predicted molar refractivity (Wildman–Crippen MR) is 107 cm³/mol. The molecule has 7 heteroatoms. The summed E-state index contributed by atoms with van der Waals surface area (Å²) in [7, 11) is 0. The Morgan fingerprint density at radius 2 is 2.00 bits per heavy atom. The molecule has 0 unspecified atom stereocenters. The van der Waals surface area contributed by atoms with Gasteiger partial charge in [-0.05, 0) is 44.6 Å². The summed E-state index contributed by atoms with van der Waals surface area (Å²) in [6, 6.07) is 7.62. The molecular formula is C20H20N2O4S. The number of para-hydroxylation sites is 1. The predicted octanol–water partition coefficient (Wildman–Crippen LogP) is 4.04. The van der Waals surface area contributed by atoms with Crippen molar-refractivity contribution < 1.29 is 14.3 Å². The first-order valence-corrected chi connectivity index (χ1v) is 9.47. The Bertz CT molecular complexity index is 1070. The first kappa shape index (κ1) is 18.8. The molecule has 2 aromatic heterocycles. The lowest BCUT2D eigenvalue weighted by Crippen LogP contribution is -2.10. The van der Waals surface area contributed by atoms with Gasteiger partial charge in [-0.25, -0.2) is 9.78 Å². The van der Waals surface area contributed by atoms with E-state index in [1.165, 1.54) is 11.3 Å². The van der Waals surface area contributed by atoms with Gasteiger partial charge in [-0.2, -0.15) is 0 Å². The zero-order valence-electron chi connectivity index (χ0n) is 15.4. The fourth-order valence-corrected chi connectivity index (χ4v) is 3.79. The second kappa shape index (κ2) is 8.18. The van der Waals surface area contributed by atoms with Crippen molar-refractivity contribution in [2.45, 2.75) is 20.8 Å². The Morgan fingerprint density at radius 3 is 2.74 bits per heavy atom. The number of carbonyl (C=O) groups is 1. The molecule has 0 fully saturated rings. The van der Waals surface area contributed by atoms with Crippen LogP contribution in [0.4, 0.5) is 0 Å². The lowest BCUT2D eigenvalue weighted by molar-refractivity contribution is 0.0531. The summed E-state index contributed by atoms with van der Waals surface area (Å²) in [5.41, 5.74) is 1.21. The highest BCUT2D eigenvalue weighted by Gasteiger charge is 2.19. The third kappa shape index (κ3) is 3.93. The minimum Gasteiger partial charge on any atom is -0.493 e. The molecule has 0 saturated carbocycles. The van der Waals surface area contributed by atoms with E-state index in [0.717, 1.165) is 11.3 Å². The van der Waals surface area contributed by atoms with Gasteiger partial charge < -0.3 is 14.5 Å². The second-order valence-corrected chi connectivity index (χ2v) is 6.71. The molecule has 0 aliphatic heterocycles. The summed E-state index contributed by atoms with van der Waals surface area (Å²) >= 11 is 1.17. The van der Waals surface area contributed by atoms with Crippen molar-refractivity contribution in [1.82, 2.24) is 9.97 Å². The Balaban J connectivity index is 2.00. The fourth-order valence-electron chi connectivity index (χ4n) is 2.70. The van der Waals surface area contributed by atoms with Crippen LogP contribution >= 0.6 is 11.3 Å². The third-order valence-corrected chi connectivity index (χ3v) is 5.09. The molecule has 0 bridgehead atoms. The summed E-state index contributed by atoms with van der Waals surface area (Å²) in [5, 5.41) is 0.426. The zero-order chi connectivity index (χ0) is 19.4. The van der Waals surface area contributed by atoms with E-state index in [4.69, 9.17) is 9.47 Å². The van der Waals surface area contributed by atoms with Gasteiger partial charge in [0.1, 0.15) is 21.3 Å². The van der Waals surface area contributed by atoms with E-state index in [9.17, 15) is 9.59 Å². The van der Waals surface area contributed by atoms with Gasteiger partial charge in [0.15, 0.2) is 0 Å². The van der Waals surface area contributed by atoms with E-state index in [0.29, 0.717) is 33.1 Å². The van der Waals surface area contributed by atoms with Crippen LogP contribution in [0.1, 0.15) is 40.5 Å².